The van der Waals surface area contributed by atoms with Gasteiger partial charge in [-0.2, -0.15) is 4.45 Å². The summed E-state index contributed by atoms with van der Waals surface area (Å²) in [5.41, 5.74) is 3.88. The van der Waals surface area contributed by atoms with Crippen molar-refractivity contribution in [1.82, 2.24) is 4.45 Å². The third-order valence-corrected chi connectivity index (χ3v) is 2.68. The first-order chi connectivity index (χ1) is 7.88. The molecule has 6 nitrogen and oxygen atoms in total. The summed E-state index contributed by atoms with van der Waals surface area (Å²) < 4.78 is 4.70. The van der Waals surface area contributed by atoms with Gasteiger partial charge in [0.1, 0.15) is 0 Å². The van der Waals surface area contributed by atoms with Gasteiger partial charge in [0.05, 0.1) is 5.69 Å². The van der Waals surface area contributed by atoms with Crippen molar-refractivity contribution in [1.29, 1.82) is 0 Å². The van der Waals surface area contributed by atoms with Gasteiger partial charge in [-0.1, -0.05) is 15.9 Å². The van der Waals surface area contributed by atoms with E-state index in [1.807, 2.05) is 18.2 Å². The second-order valence-corrected chi connectivity index (χ2v) is 4.62. The van der Waals surface area contributed by atoms with E-state index >= 15 is 0 Å². The van der Waals surface area contributed by atoms with Crippen LogP contribution < -0.4 is 9.88 Å². The first kappa shape index (κ1) is 16.4. The number of anilines is 1. The van der Waals surface area contributed by atoms with E-state index < -0.39 is 11.9 Å². The second kappa shape index (κ2) is 8.45. The molecule has 0 unspecified atom stereocenters. The highest BCUT2D eigenvalue weighted by molar-refractivity contribution is 9.11. The molecule has 0 aromatic heterocycles. The summed E-state index contributed by atoms with van der Waals surface area (Å²) in [4.78, 5) is 18.2. The van der Waals surface area contributed by atoms with Gasteiger partial charge in [-0.25, -0.2) is 9.59 Å². The van der Waals surface area contributed by atoms with Crippen molar-refractivity contribution >= 4 is 65.6 Å². The lowest BCUT2D eigenvalue weighted by Gasteiger charge is -2.05. The summed E-state index contributed by atoms with van der Waals surface area (Å²) in [6, 6.07) is 5.87. The Morgan fingerprint density at radius 2 is 1.65 bits per heavy atom. The zero-order chi connectivity index (χ0) is 13.4. The fourth-order valence-electron chi connectivity index (χ4n) is 0.644. The Labute approximate surface area is 122 Å². The second-order valence-electron chi connectivity index (χ2n) is 2.45. The first-order valence-electron chi connectivity index (χ1n) is 3.91. The Kier molecular flexibility index (Phi) is 8.13. The molecular formula is C8H7Br3N2O4. The zero-order valence-electron chi connectivity index (χ0n) is 8.08. The molecule has 0 amide bonds. The molecule has 4 N–H and O–H groups in total. The van der Waals surface area contributed by atoms with Gasteiger partial charge in [0.2, 0.25) is 0 Å². The smallest absolute Gasteiger partial charge is 0.414 e. The molecular weight excluding hydrogens is 428 g/mol. The highest BCUT2D eigenvalue weighted by Gasteiger charge is 2.04. The lowest BCUT2D eigenvalue weighted by Crippen LogP contribution is -2.09. The van der Waals surface area contributed by atoms with Crippen LogP contribution in [0.2, 0.25) is 0 Å². The normalized spacial score (nSPS) is 8.88. The minimum Gasteiger partial charge on any atom is -0.473 e. The molecule has 0 aliphatic heterocycles. The van der Waals surface area contributed by atoms with Crippen molar-refractivity contribution in [2.45, 2.75) is 0 Å². The molecule has 0 bridgehead atoms. The Morgan fingerprint density at radius 3 is 2.06 bits per heavy atom. The fraction of sp³-hybridized carbons (Fsp3) is 0. The molecule has 0 aliphatic rings. The van der Waals surface area contributed by atoms with Crippen LogP contribution in [0.25, 0.3) is 0 Å². The fourth-order valence-corrected chi connectivity index (χ4v) is 1.56. The van der Waals surface area contributed by atoms with Crippen molar-refractivity contribution < 1.29 is 19.8 Å². The largest absolute Gasteiger partial charge is 0.473 e. The van der Waals surface area contributed by atoms with E-state index in [2.05, 4.69) is 57.9 Å². The average molecular weight is 435 g/mol. The number of nitrogens with one attached hydrogen (secondary N) is 2. The molecule has 1 rings (SSSR count). The monoisotopic (exact) mass is 432 g/mol. The number of carboxylic acids is 2. The highest BCUT2D eigenvalue weighted by atomic mass is 79.9. The molecule has 0 aliphatic carbocycles. The standard InChI is InChI=1S/C6H5Br3N2.C2H2O4/c7-4-1-2-5(8)6(3-4)10-11-9;3-1(4)2(5)6/h1-3,10-11H;(H,3,4)(H,5,6). The summed E-state index contributed by atoms with van der Waals surface area (Å²) in [6.07, 6.45) is 0. The number of carboxylic acid groups (broad SMARTS) is 2. The maximum Gasteiger partial charge on any atom is 0.414 e. The van der Waals surface area contributed by atoms with Crippen LogP contribution in [0.15, 0.2) is 27.1 Å². The van der Waals surface area contributed by atoms with Crippen LogP contribution in [0.5, 0.6) is 0 Å². The Balaban J connectivity index is 0.000000366. The van der Waals surface area contributed by atoms with Crippen LogP contribution in [-0.2, 0) is 9.59 Å². The maximum absolute atomic E-state index is 9.10. The molecule has 0 radical (unpaired) electrons. The van der Waals surface area contributed by atoms with E-state index in [-0.39, 0.29) is 0 Å². The molecule has 0 atom stereocenters. The number of carbonyl (C=O) groups is 2. The van der Waals surface area contributed by atoms with Gasteiger partial charge in [0.25, 0.3) is 0 Å². The van der Waals surface area contributed by atoms with Crippen LogP contribution >= 0.6 is 48.0 Å². The van der Waals surface area contributed by atoms with Crippen LogP contribution in [-0.4, -0.2) is 22.2 Å². The van der Waals surface area contributed by atoms with Crippen molar-refractivity contribution in [2.24, 2.45) is 0 Å². The summed E-state index contributed by atoms with van der Waals surface area (Å²) in [5.74, 6) is -3.65. The van der Waals surface area contributed by atoms with Gasteiger partial charge >= 0.3 is 11.9 Å². The van der Waals surface area contributed by atoms with E-state index in [4.69, 9.17) is 19.8 Å². The number of hydrogen-bond acceptors (Lipinski definition) is 4. The van der Waals surface area contributed by atoms with Crippen LogP contribution in [0.1, 0.15) is 0 Å². The summed E-state index contributed by atoms with van der Waals surface area (Å²) in [6.45, 7) is 0. The molecule has 9 heteroatoms. The van der Waals surface area contributed by atoms with E-state index in [9.17, 15) is 0 Å². The van der Waals surface area contributed by atoms with E-state index in [0.29, 0.717) is 0 Å². The SMILES string of the molecule is BrNNc1cc(Br)ccc1Br.O=C(O)C(=O)O. The minimum absolute atomic E-state index is 0.969. The summed E-state index contributed by atoms with van der Waals surface area (Å²) >= 11 is 9.80. The van der Waals surface area contributed by atoms with Crippen molar-refractivity contribution in [3.63, 3.8) is 0 Å². The van der Waals surface area contributed by atoms with Crippen molar-refractivity contribution in [3.05, 3.63) is 27.1 Å². The van der Waals surface area contributed by atoms with Gasteiger partial charge < -0.3 is 15.6 Å². The quantitative estimate of drug-likeness (QED) is 0.324. The Hall–Kier alpha value is -0.640. The van der Waals surface area contributed by atoms with E-state index in [0.717, 1.165) is 14.6 Å². The number of rotatable bonds is 2. The third kappa shape index (κ3) is 7.31. The third-order valence-electron chi connectivity index (χ3n) is 1.29. The molecule has 1 aromatic carbocycles. The Morgan fingerprint density at radius 1 is 1.12 bits per heavy atom. The molecule has 0 saturated heterocycles. The lowest BCUT2D eigenvalue weighted by molar-refractivity contribution is -0.159. The molecule has 0 fully saturated rings. The molecule has 0 saturated carbocycles. The van der Waals surface area contributed by atoms with Gasteiger partial charge in [0.15, 0.2) is 0 Å². The first-order valence-corrected chi connectivity index (χ1v) is 6.29. The topological polar surface area (TPSA) is 98.7 Å². The number of hydrazine groups is 1. The van der Waals surface area contributed by atoms with Crippen LogP contribution in [0.3, 0.4) is 0 Å². The van der Waals surface area contributed by atoms with E-state index in [1.165, 1.54) is 0 Å². The van der Waals surface area contributed by atoms with Crippen molar-refractivity contribution in [3.8, 4) is 0 Å². The Bertz CT molecular complexity index is 402. The molecule has 1 aromatic rings. The number of halogens is 3. The van der Waals surface area contributed by atoms with Gasteiger partial charge in [-0.05, 0) is 34.1 Å². The molecule has 0 heterocycles. The summed E-state index contributed by atoms with van der Waals surface area (Å²) in [5, 5.41) is 14.8. The molecule has 0 spiro atoms. The van der Waals surface area contributed by atoms with Crippen LogP contribution in [0.4, 0.5) is 5.69 Å². The molecule has 17 heavy (non-hydrogen) atoms. The maximum atomic E-state index is 9.10. The van der Waals surface area contributed by atoms with Gasteiger partial charge in [-0.3, -0.25) is 0 Å². The van der Waals surface area contributed by atoms with E-state index in [1.54, 1.807) is 0 Å². The summed E-state index contributed by atoms with van der Waals surface area (Å²) in [7, 11) is 0. The van der Waals surface area contributed by atoms with Crippen molar-refractivity contribution in [2.75, 3.05) is 5.43 Å². The number of benzene rings is 1. The van der Waals surface area contributed by atoms with Crippen LogP contribution in [0, 0.1) is 0 Å². The minimum atomic E-state index is -1.82. The van der Waals surface area contributed by atoms with Gasteiger partial charge in [-0.15, -0.1) is 0 Å². The predicted octanol–water partition coefficient (Wildman–Crippen LogP) is 2.59. The number of aliphatic carboxylic acids is 2. The number of hydrogen-bond donors (Lipinski definition) is 4. The molecule has 94 valence electrons. The zero-order valence-corrected chi connectivity index (χ0v) is 12.8. The average Bonchev–Trinajstić information content (AvgIpc) is 2.24. The van der Waals surface area contributed by atoms with Gasteiger partial charge in [0, 0.05) is 25.1 Å². The highest BCUT2D eigenvalue weighted by Crippen LogP contribution is 2.25. The lowest BCUT2D eigenvalue weighted by atomic mass is 10.3. The predicted molar refractivity (Wildman–Crippen MR) is 72.8 cm³/mol.